The minimum Gasteiger partial charge on any atom is -0.348 e. The molecule has 1 N–H and O–H groups in total. The van der Waals surface area contributed by atoms with Crippen LogP contribution in [-0.2, 0) is 13.6 Å². The molecule has 0 saturated carbocycles. The third-order valence-corrected chi connectivity index (χ3v) is 5.17. The fourth-order valence-corrected chi connectivity index (χ4v) is 3.37. The number of aromatic nitrogens is 4. The summed E-state index contributed by atoms with van der Waals surface area (Å²) in [7, 11) is 1.89. The van der Waals surface area contributed by atoms with Gasteiger partial charge in [-0.3, -0.25) is 9.48 Å². The molecule has 0 aliphatic rings. The molecule has 0 unspecified atom stereocenters. The number of carbonyl (C=O) groups is 1. The number of nitrogens with zero attached hydrogens (tertiary/aromatic N) is 4. The monoisotopic (exact) mass is 385 g/mol. The van der Waals surface area contributed by atoms with Gasteiger partial charge in [0.05, 0.1) is 23.1 Å². The Balaban J connectivity index is 1.73. The van der Waals surface area contributed by atoms with Crippen LogP contribution in [0, 0.1) is 13.8 Å². The molecule has 6 nitrogen and oxygen atoms in total. The molecule has 0 bridgehead atoms. The molecule has 4 aromatic rings. The lowest BCUT2D eigenvalue weighted by molar-refractivity contribution is 0.0951. The van der Waals surface area contributed by atoms with Gasteiger partial charge < -0.3 is 5.32 Å². The largest absolute Gasteiger partial charge is 0.348 e. The van der Waals surface area contributed by atoms with Gasteiger partial charge in [0.15, 0.2) is 0 Å². The first kappa shape index (κ1) is 18.7. The van der Waals surface area contributed by atoms with E-state index >= 15 is 0 Å². The van der Waals surface area contributed by atoms with Crippen molar-refractivity contribution in [2.75, 3.05) is 0 Å². The highest BCUT2D eigenvalue weighted by Gasteiger charge is 2.23. The summed E-state index contributed by atoms with van der Waals surface area (Å²) in [5.41, 5.74) is 5.92. The van der Waals surface area contributed by atoms with Crippen molar-refractivity contribution in [3.8, 4) is 16.9 Å². The second kappa shape index (κ2) is 7.75. The topological polar surface area (TPSA) is 64.7 Å². The summed E-state index contributed by atoms with van der Waals surface area (Å²) in [5.74, 6) is -0.146. The lowest BCUT2D eigenvalue weighted by Gasteiger charge is -2.07. The number of aryl methyl sites for hydroxylation is 1. The third-order valence-electron chi connectivity index (χ3n) is 5.17. The van der Waals surface area contributed by atoms with Crippen molar-refractivity contribution in [3.63, 3.8) is 0 Å². The zero-order valence-corrected chi connectivity index (χ0v) is 16.8. The molecule has 0 atom stereocenters. The highest BCUT2D eigenvalue weighted by molar-refractivity contribution is 6.01. The molecule has 6 heteroatoms. The van der Waals surface area contributed by atoms with E-state index in [0.29, 0.717) is 17.8 Å². The molecule has 146 valence electrons. The van der Waals surface area contributed by atoms with Crippen molar-refractivity contribution < 1.29 is 4.79 Å². The molecular weight excluding hydrogens is 362 g/mol. The van der Waals surface area contributed by atoms with Crippen molar-refractivity contribution in [3.05, 3.63) is 89.4 Å². The quantitative estimate of drug-likeness (QED) is 0.568. The molecular formula is C23H23N5O. The standard InChI is InChI=1S/C23H23N5O/c1-16-19(15-25-27(16)3)14-24-23(29)21-17(2)28(20-12-8-5-9-13-20)26-22(21)18-10-6-4-7-11-18/h4-13,15H,14H2,1-3H3,(H,24,29). The molecule has 1 amide bonds. The van der Waals surface area contributed by atoms with E-state index in [1.165, 1.54) is 0 Å². The Kier molecular flexibility index (Phi) is 4.99. The summed E-state index contributed by atoms with van der Waals surface area (Å²) in [6, 6.07) is 19.6. The van der Waals surface area contributed by atoms with Gasteiger partial charge in [-0.25, -0.2) is 4.68 Å². The van der Waals surface area contributed by atoms with Gasteiger partial charge in [0.1, 0.15) is 5.69 Å². The number of amides is 1. The lowest BCUT2D eigenvalue weighted by atomic mass is 10.1. The van der Waals surface area contributed by atoms with Crippen molar-refractivity contribution in [1.29, 1.82) is 0 Å². The number of nitrogens with one attached hydrogen (secondary N) is 1. The zero-order valence-electron chi connectivity index (χ0n) is 16.8. The molecule has 2 aromatic carbocycles. The molecule has 4 rings (SSSR count). The van der Waals surface area contributed by atoms with E-state index in [9.17, 15) is 4.79 Å². The number of hydrogen-bond acceptors (Lipinski definition) is 3. The number of hydrogen-bond donors (Lipinski definition) is 1. The Hall–Kier alpha value is -3.67. The Morgan fingerprint density at radius 2 is 1.62 bits per heavy atom. The minimum absolute atomic E-state index is 0.146. The van der Waals surface area contributed by atoms with Crippen LogP contribution in [0.3, 0.4) is 0 Å². The minimum atomic E-state index is -0.146. The van der Waals surface area contributed by atoms with Gasteiger partial charge in [-0.15, -0.1) is 0 Å². The van der Waals surface area contributed by atoms with Gasteiger partial charge in [0, 0.05) is 30.4 Å². The summed E-state index contributed by atoms with van der Waals surface area (Å²) in [6.45, 7) is 4.34. The first-order chi connectivity index (χ1) is 14.1. The van der Waals surface area contributed by atoms with E-state index in [4.69, 9.17) is 5.10 Å². The van der Waals surface area contributed by atoms with E-state index in [0.717, 1.165) is 28.2 Å². The molecule has 0 aliphatic carbocycles. The van der Waals surface area contributed by atoms with Crippen LogP contribution in [0.2, 0.25) is 0 Å². The summed E-state index contributed by atoms with van der Waals surface area (Å²) >= 11 is 0. The summed E-state index contributed by atoms with van der Waals surface area (Å²) in [5, 5.41) is 12.1. The fraction of sp³-hybridized carbons (Fsp3) is 0.174. The van der Waals surface area contributed by atoms with E-state index in [1.807, 2.05) is 86.2 Å². The van der Waals surface area contributed by atoms with Crippen molar-refractivity contribution in [2.24, 2.45) is 7.05 Å². The normalized spacial score (nSPS) is 10.9. The molecule has 0 fully saturated rings. The summed E-state index contributed by atoms with van der Waals surface area (Å²) < 4.78 is 3.63. The molecule has 2 aromatic heterocycles. The number of carbonyl (C=O) groups excluding carboxylic acids is 1. The molecule has 0 aliphatic heterocycles. The predicted molar refractivity (Wildman–Crippen MR) is 113 cm³/mol. The molecule has 0 saturated heterocycles. The van der Waals surface area contributed by atoms with Crippen LogP contribution < -0.4 is 5.32 Å². The number of para-hydroxylation sites is 1. The summed E-state index contributed by atoms with van der Waals surface area (Å²) in [4.78, 5) is 13.2. The third kappa shape index (κ3) is 3.57. The first-order valence-corrected chi connectivity index (χ1v) is 9.52. The summed E-state index contributed by atoms with van der Waals surface area (Å²) in [6.07, 6.45) is 1.79. The van der Waals surface area contributed by atoms with Crippen LogP contribution in [0.5, 0.6) is 0 Å². The Bertz CT molecular complexity index is 1140. The average molecular weight is 385 g/mol. The average Bonchev–Trinajstić information content (AvgIpc) is 3.27. The highest BCUT2D eigenvalue weighted by Crippen LogP contribution is 2.27. The molecule has 29 heavy (non-hydrogen) atoms. The Labute approximate surface area is 169 Å². The van der Waals surface area contributed by atoms with Crippen LogP contribution in [0.4, 0.5) is 0 Å². The van der Waals surface area contributed by atoms with Crippen molar-refractivity contribution >= 4 is 5.91 Å². The van der Waals surface area contributed by atoms with Gasteiger partial charge in [-0.05, 0) is 26.0 Å². The van der Waals surface area contributed by atoms with Gasteiger partial charge >= 0.3 is 0 Å². The van der Waals surface area contributed by atoms with Gasteiger partial charge in [0.25, 0.3) is 5.91 Å². The predicted octanol–water partition coefficient (Wildman–Crippen LogP) is 3.82. The second-order valence-corrected chi connectivity index (χ2v) is 6.98. The number of benzene rings is 2. The van der Waals surface area contributed by atoms with Crippen LogP contribution >= 0.6 is 0 Å². The van der Waals surface area contributed by atoms with E-state index in [2.05, 4.69) is 10.4 Å². The highest BCUT2D eigenvalue weighted by atomic mass is 16.1. The van der Waals surface area contributed by atoms with Gasteiger partial charge in [-0.2, -0.15) is 10.2 Å². The molecule has 2 heterocycles. The molecule has 0 radical (unpaired) electrons. The van der Waals surface area contributed by atoms with Crippen molar-refractivity contribution in [2.45, 2.75) is 20.4 Å². The van der Waals surface area contributed by atoms with E-state index in [-0.39, 0.29) is 5.91 Å². The van der Waals surface area contributed by atoms with E-state index < -0.39 is 0 Å². The zero-order chi connectivity index (χ0) is 20.4. The number of rotatable bonds is 5. The van der Waals surface area contributed by atoms with Gasteiger partial charge in [0.2, 0.25) is 0 Å². The fourth-order valence-electron chi connectivity index (χ4n) is 3.37. The van der Waals surface area contributed by atoms with Crippen molar-refractivity contribution in [1.82, 2.24) is 24.9 Å². The Morgan fingerprint density at radius 3 is 2.24 bits per heavy atom. The second-order valence-electron chi connectivity index (χ2n) is 6.98. The van der Waals surface area contributed by atoms with E-state index in [1.54, 1.807) is 10.9 Å². The first-order valence-electron chi connectivity index (χ1n) is 9.52. The van der Waals surface area contributed by atoms with Crippen LogP contribution in [-0.4, -0.2) is 25.5 Å². The van der Waals surface area contributed by atoms with Gasteiger partial charge in [-0.1, -0.05) is 48.5 Å². The van der Waals surface area contributed by atoms with Crippen LogP contribution in [0.15, 0.2) is 66.9 Å². The van der Waals surface area contributed by atoms with Crippen LogP contribution in [0.1, 0.15) is 27.3 Å². The Morgan fingerprint density at radius 1 is 0.966 bits per heavy atom. The molecule has 0 spiro atoms. The smallest absolute Gasteiger partial charge is 0.255 e. The SMILES string of the molecule is Cc1c(CNC(=O)c2c(-c3ccccc3)nn(-c3ccccc3)c2C)cnn1C. The lowest BCUT2D eigenvalue weighted by Crippen LogP contribution is -2.24. The van der Waals surface area contributed by atoms with Crippen LogP contribution in [0.25, 0.3) is 16.9 Å². The maximum absolute atomic E-state index is 13.2. The maximum Gasteiger partial charge on any atom is 0.255 e. The maximum atomic E-state index is 13.2.